The molecule has 21 heavy (non-hydrogen) atoms. The van der Waals surface area contributed by atoms with Crippen LogP contribution in [0.15, 0.2) is 12.2 Å². The van der Waals surface area contributed by atoms with Crippen molar-refractivity contribution in [1.29, 1.82) is 0 Å². The average molecular weight is 296 g/mol. The number of hydrogen-bond acceptors (Lipinski definition) is 2. The van der Waals surface area contributed by atoms with Gasteiger partial charge in [0.05, 0.1) is 12.2 Å². The van der Waals surface area contributed by atoms with Crippen LogP contribution in [0.2, 0.25) is 0 Å². The summed E-state index contributed by atoms with van der Waals surface area (Å²) >= 11 is 0. The molecule has 0 aliphatic carbocycles. The van der Waals surface area contributed by atoms with Crippen molar-refractivity contribution in [3.63, 3.8) is 0 Å². The third-order valence-electron chi connectivity index (χ3n) is 4.08. The van der Waals surface area contributed by atoms with Crippen molar-refractivity contribution in [3.05, 3.63) is 12.2 Å². The lowest BCUT2D eigenvalue weighted by atomic mass is 10.1. The van der Waals surface area contributed by atoms with E-state index in [9.17, 15) is 4.79 Å². The van der Waals surface area contributed by atoms with Crippen molar-refractivity contribution < 1.29 is 14.6 Å². The van der Waals surface area contributed by atoms with Crippen LogP contribution in [-0.4, -0.2) is 23.3 Å². The maximum Gasteiger partial charge on any atom is 0.303 e. The van der Waals surface area contributed by atoms with Crippen LogP contribution in [-0.2, 0) is 9.53 Å². The van der Waals surface area contributed by atoms with E-state index < -0.39 is 5.97 Å². The SMILES string of the molecule is CCCCC[C@H]1O[C@@H]1C/C=C\CCCCCCCC(=O)O. The van der Waals surface area contributed by atoms with Gasteiger partial charge in [-0.2, -0.15) is 0 Å². The Bertz CT molecular complexity index is 299. The Labute approximate surface area is 129 Å². The van der Waals surface area contributed by atoms with E-state index in [1.165, 1.54) is 38.5 Å². The zero-order valence-electron chi connectivity index (χ0n) is 13.6. The molecule has 0 unspecified atom stereocenters. The van der Waals surface area contributed by atoms with E-state index in [0.29, 0.717) is 18.6 Å². The summed E-state index contributed by atoms with van der Waals surface area (Å²) in [5.41, 5.74) is 0. The van der Waals surface area contributed by atoms with E-state index in [-0.39, 0.29) is 0 Å². The molecule has 0 bridgehead atoms. The normalized spacial score (nSPS) is 21.0. The van der Waals surface area contributed by atoms with Crippen LogP contribution < -0.4 is 0 Å². The summed E-state index contributed by atoms with van der Waals surface area (Å²) in [6.07, 6.45) is 18.7. The molecule has 3 heteroatoms. The average Bonchev–Trinajstić information content (AvgIpc) is 3.19. The van der Waals surface area contributed by atoms with Crippen molar-refractivity contribution in [1.82, 2.24) is 0 Å². The van der Waals surface area contributed by atoms with Crippen molar-refractivity contribution in [3.8, 4) is 0 Å². The van der Waals surface area contributed by atoms with Gasteiger partial charge in [0.15, 0.2) is 0 Å². The zero-order chi connectivity index (χ0) is 15.3. The number of unbranched alkanes of at least 4 members (excludes halogenated alkanes) is 7. The third kappa shape index (κ3) is 10.5. The number of carboxylic acids is 1. The molecule has 0 amide bonds. The van der Waals surface area contributed by atoms with Crippen molar-refractivity contribution >= 4 is 5.97 Å². The molecule has 1 aliphatic heterocycles. The number of carboxylic acid groups (broad SMARTS) is 1. The second-order valence-electron chi connectivity index (χ2n) is 6.12. The van der Waals surface area contributed by atoms with Gasteiger partial charge in [0.25, 0.3) is 0 Å². The fourth-order valence-corrected chi connectivity index (χ4v) is 2.65. The molecule has 1 saturated heterocycles. The number of aliphatic carboxylic acids is 1. The largest absolute Gasteiger partial charge is 0.481 e. The highest BCUT2D eigenvalue weighted by molar-refractivity contribution is 5.66. The molecule has 0 spiro atoms. The van der Waals surface area contributed by atoms with Crippen LogP contribution >= 0.6 is 0 Å². The second-order valence-corrected chi connectivity index (χ2v) is 6.12. The first-order valence-electron chi connectivity index (χ1n) is 8.76. The van der Waals surface area contributed by atoms with E-state index in [1.807, 2.05) is 0 Å². The number of epoxide rings is 1. The second kappa shape index (κ2) is 11.8. The van der Waals surface area contributed by atoms with E-state index in [2.05, 4.69) is 19.1 Å². The van der Waals surface area contributed by atoms with Crippen LogP contribution in [0.5, 0.6) is 0 Å². The van der Waals surface area contributed by atoms with Gasteiger partial charge in [0, 0.05) is 6.42 Å². The Hall–Kier alpha value is -0.830. The van der Waals surface area contributed by atoms with Crippen molar-refractivity contribution in [2.45, 2.75) is 96.2 Å². The third-order valence-corrected chi connectivity index (χ3v) is 4.08. The van der Waals surface area contributed by atoms with Gasteiger partial charge in [0.1, 0.15) is 0 Å². The molecule has 0 radical (unpaired) electrons. The lowest BCUT2D eigenvalue weighted by Gasteiger charge is -1.98. The van der Waals surface area contributed by atoms with Gasteiger partial charge in [-0.3, -0.25) is 4.79 Å². The minimum absolute atomic E-state index is 0.320. The van der Waals surface area contributed by atoms with E-state index in [0.717, 1.165) is 32.1 Å². The van der Waals surface area contributed by atoms with Crippen molar-refractivity contribution in [2.24, 2.45) is 0 Å². The highest BCUT2D eigenvalue weighted by Crippen LogP contribution is 2.30. The minimum Gasteiger partial charge on any atom is -0.481 e. The van der Waals surface area contributed by atoms with E-state index in [1.54, 1.807) is 0 Å². The molecule has 2 atom stereocenters. The van der Waals surface area contributed by atoms with Gasteiger partial charge in [-0.05, 0) is 32.1 Å². The Balaban J connectivity index is 1.81. The van der Waals surface area contributed by atoms with Gasteiger partial charge < -0.3 is 9.84 Å². The molecule has 1 heterocycles. The topological polar surface area (TPSA) is 49.8 Å². The van der Waals surface area contributed by atoms with Gasteiger partial charge in [-0.15, -0.1) is 0 Å². The molecular formula is C18H32O3. The fraction of sp³-hybridized carbons (Fsp3) is 0.833. The summed E-state index contributed by atoms with van der Waals surface area (Å²) in [6.45, 7) is 2.24. The number of carbonyl (C=O) groups is 1. The summed E-state index contributed by atoms with van der Waals surface area (Å²) in [6, 6.07) is 0. The molecule has 1 N–H and O–H groups in total. The highest BCUT2D eigenvalue weighted by Gasteiger charge is 2.36. The Morgan fingerprint density at radius 2 is 1.76 bits per heavy atom. The lowest BCUT2D eigenvalue weighted by Crippen LogP contribution is -1.93. The minimum atomic E-state index is -0.673. The number of hydrogen-bond donors (Lipinski definition) is 1. The van der Waals surface area contributed by atoms with E-state index in [4.69, 9.17) is 9.84 Å². The molecule has 1 fully saturated rings. The number of ether oxygens (including phenoxy) is 1. The van der Waals surface area contributed by atoms with Gasteiger partial charge >= 0.3 is 5.97 Å². The fourth-order valence-electron chi connectivity index (χ4n) is 2.65. The molecule has 122 valence electrons. The first kappa shape index (κ1) is 18.2. The first-order chi connectivity index (χ1) is 10.2. The summed E-state index contributed by atoms with van der Waals surface area (Å²) in [5, 5.41) is 8.52. The molecule has 0 aromatic carbocycles. The van der Waals surface area contributed by atoms with Crippen LogP contribution in [0.3, 0.4) is 0 Å². The molecule has 0 saturated carbocycles. The summed E-state index contributed by atoms with van der Waals surface area (Å²) in [7, 11) is 0. The summed E-state index contributed by atoms with van der Waals surface area (Å²) < 4.78 is 5.66. The Kier molecular flexibility index (Phi) is 10.2. The van der Waals surface area contributed by atoms with Crippen LogP contribution in [0.25, 0.3) is 0 Å². The predicted molar refractivity (Wildman–Crippen MR) is 86.5 cm³/mol. The van der Waals surface area contributed by atoms with E-state index >= 15 is 0 Å². The molecule has 3 nitrogen and oxygen atoms in total. The maximum absolute atomic E-state index is 10.3. The standard InChI is InChI=1S/C18H32O3/c1-2-3-10-13-16-17(21-16)14-11-8-6-4-5-7-9-12-15-18(19)20/h8,11,16-17H,2-7,9-10,12-15H2,1H3,(H,19,20)/b11-8-/t16-,17-/m1/s1. The predicted octanol–water partition coefficient (Wildman–Crippen LogP) is 5.10. The number of allylic oxidation sites excluding steroid dienone is 1. The monoisotopic (exact) mass is 296 g/mol. The van der Waals surface area contributed by atoms with Gasteiger partial charge in [-0.1, -0.05) is 57.6 Å². The number of rotatable bonds is 14. The van der Waals surface area contributed by atoms with Crippen molar-refractivity contribution in [2.75, 3.05) is 0 Å². The van der Waals surface area contributed by atoms with Gasteiger partial charge in [0.2, 0.25) is 0 Å². The smallest absolute Gasteiger partial charge is 0.303 e. The van der Waals surface area contributed by atoms with Crippen LogP contribution in [0.1, 0.15) is 84.0 Å². The molecule has 0 aromatic rings. The summed E-state index contributed by atoms with van der Waals surface area (Å²) in [5.74, 6) is -0.673. The maximum atomic E-state index is 10.3. The molecule has 1 aliphatic rings. The quantitative estimate of drug-likeness (QED) is 0.276. The first-order valence-corrected chi connectivity index (χ1v) is 8.76. The Morgan fingerprint density at radius 3 is 2.52 bits per heavy atom. The summed E-state index contributed by atoms with van der Waals surface area (Å²) in [4.78, 5) is 10.3. The van der Waals surface area contributed by atoms with Crippen LogP contribution in [0.4, 0.5) is 0 Å². The van der Waals surface area contributed by atoms with Gasteiger partial charge in [-0.25, -0.2) is 0 Å². The highest BCUT2D eigenvalue weighted by atomic mass is 16.6. The zero-order valence-corrected chi connectivity index (χ0v) is 13.6. The molecule has 0 aromatic heterocycles. The Morgan fingerprint density at radius 1 is 1.00 bits per heavy atom. The molecule has 1 rings (SSSR count). The lowest BCUT2D eigenvalue weighted by molar-refractivity contribution is -0.137. The van der Waals surface area contributed by atoms with Crippen LogP contribution in [0, 0.1) is 0 Å². The molecular weight excluding hydrogens is 264 g/mol.